The van der Waals surface area contributed by atoms with Gasteiger partial charge in [-0.25, -0.2) is 4.98 Å². The van der Waals surface area contributed by atoms with Crippen molar-refractivity contribution in [3.8, 4) is 5.88 Å². The Morgan fingerprint density at radius 2 is 2.31 bits per heavy atom. The van der Waals surface area contributed by atoms with Crippen LogP contribution >= 0.6 is 0 Å². The summed E-state index contributed by atoms with van der Waals surface area (Å²) < 4.78 is 5.24. The van der Waals surface area contributed by atoms with Crippen LogP contribution in [0.2, 0.25) is 0 Å². The lowest BCUT2D eigenvalue weighted by molar-refractivity contribution is 0.390. The molecule has 0 spiro atoms. The van der Waals surface area contributed by atoms with E-state index < -0.39 is 0 Å². The van der Waals surface area contributed by atoms with E-state index in [4.69, 9.17) is 10.5 Å². The number of nitrogens with zero attached hydrogens (tertiary/aromatic N) is 1. The highest BCUT2D eigenvalue weighted by atomic mass is 16.5. The molecule has 0 fully saturated rings. The van der Waals surface area contributed by atoms with E-state index in [1.54, 1.807) is 13.3 Å². The number of hydrogen-bond acceptors (Lipinski definition) is 3. The molecule has 0 saturated carbocycles. The van der Waals surface area contributed by atoms with Crippen LogP contribution in [0, 0.1) is 0 Å². The topological polar surface area (TPSA) is 48.1 Å². The van der Waals surface area contributed by atoms with Crippen molar-refractivity contribution in [3.05, 3.63) is 35.5 Å². The predicted octanol–water partition coefficient (Wildman–Crippen LogP) is 2.59. The van der Waals surface area contributed by atoms with E-state index in [2.05, 4.69) is 11.1 Å². The van der Waals surface area contributed by atoms with Gasteiger partial charge in [-0.15, -0.1) is 0 Å². The smallest absolute Gasteiger partial charge is 0.218 e. The molecule has 0 amide bonds. The van der Waals surface area contributed by atoms with E-state index in [0.29, 0.717) is 5.88 Å². The molecule has 1 aromatic heterocycles. The Morgan fingerprint density at radius 1 is 1.44 bits per heavy atom. The Bertz CT molecular complexity index is 387. The van der Waals surface area contributed by atoms with Crippen LogP contribution in [0.4, 0.5) is 0 Å². The summed E-state index contributed by atoms with van der Waals surface area (Å²) in [5, 5.41) is 0. The lowest BCUT2D eigenvalue weighted by atomic mass is 9.91. The molecular weight excluding hydrogens is 200 g/mol. The number of methoxy groups -OCH3 is 1. The van der Waals surface area contributed by atoms with Crippen molar-refractivity contribution in [2.75, 3.05) is 7.11 Å². The highest BCUT2D eigenvalue weighted by Gasteiger charge is 2.17. The van der Waals surface area contributed by atoms with Gasteiger partial charge in [0.25, 0.3) is 0 Å². The molecule has 1 aliphatic carbocycles. The zero-order chi connectivity index (χ0) is 11.4. The van der Waals surface area contributed by atoms with Crippen LogP contribution in [-0.2, 0) is 0 Å². The summed E-state index contributed by atoms with van der Waals surface area (Å²) in [6.45, 7) is 0. The van der Waals surface area contributed by atoms with Gasteiger partial charge in [-0.05, 0) is 31.7 Å². The SMILES string of the molecule is COc1ncccc1C(N)C1=CCCCC1. The van der Waals surface area contributed by atoms with Gasteiger partial charge in [-0.3, -0.25) is 0 Å². The summed E-state index contributed by atoms with van der Waals surface area (Å²) in [5.41, 5.74) is 8.56. The van der Waals surface area contributed by atoms with Crippen LogP contribution in [0.5, 0.6) is 5.88 Å². The Morgan fingerprint density at radius 3 is 3.00 bits per heavy atom. The molecule has 3 heteroatoms. The summed E-state index contributed by atoms with van der Waals surface area (Å²) >= 11 is 0. The maximum Gasteiger partial charge on any atom is 0.218 e. The number of aromatic nitrogens is 1. The largest absolute Gasteiger partial charge is 0.481 e. The fourth-order valence-electron chi connectivity index (χ4n) is 2.16. The first-order valence-electron chi connectivity index (χ1n) is 5.76. The molecule has 16 heavy (non-hydrogen) atoms. The van der Waals surface area contributed by atoms with Crippen molar-refractivity contribution >= 4 is 0 Å². The molecule has 1 aromatic rings. The van der Waals surface area contributed by atoms with E-state index in [9.17, 15) is 0 Å². The molecule has 0 radical (unpaired) electrons. The summed E-state index contributed by atoms with van der Waals surface area (Å²) in [5.74, 6) is 0.640. The molecule has 86 valence electrons. The monoisotopic (exact) mass is 218 g/mol. The molecule has 1 aliphatic rings. The van der Waals surface area contributed by atoms with Crippen LogP contribution in [0.1, 0.15) is 37.3 Å². The first kappa shape index (κ1) is 11.1. The van der Waals surface area contributed by atoms with Gasteiger partial charge in [0.1, 0.15) is 0 Å². The fourth-order valence-corrected chi connectivity index (χ4v) is 2.16. The van der Waals surface area contributed by atoms with Crippen molar-refractivity contribution in [1.29, 1.82) is 0 Å². The molecular formula is C13H18N2O. The number of rotatable bonds is 3. The third-order valence-electron chi connectivity index (χ3n) is 3.05. The highest BCUT2D eigenvalue weighted by molar-refractivity contribution is 5.35. The van der Waals surface area contributed by atoms with Gasteiger partial charge in [0.05, 0.1) is 13.2 Å². The summed E-state index contributed by atoms with van der Waals surface area (Å²) in [4.78, 5) is 4.18. The molecule has 3 nitrogen and oxygen atoms in total. The predicted molar refractivity (Wildman–Crippen MR) is 64.3 cm³/mol. The second kappa shape index (κ2) is 5.12. The lowest BCUT2D eigenvalue weighted by Crippen LogP contribution is -2.16. The maximum atomic E-state index is 6.26. The molecule has 0 bridgehead atoms. The van der Waals surface area contributed by atoms with E-state index in [1.165, 1.54) is 18.4 Å². The zero-order valence-corrected chi connectivity index (χ0v) is 9.65. The Hall–Kier alpha value is -1.35. The zero-order valence-electron chi connectivity index (χ0n) is 9.65. The van der Waals surface area contributed by atoms with E-state index in [1.807, 2.05) is 12.1 Å². The average molecular weight is 218 g/mol. The van der Waals surface area contributed by atoms with Crippen LogP contribution < -0.4 is 10.5 Å². The highest BCUT2D eigenvalue weighted by Crippen LogP contribution is 2.31. The average Bonchev–Trinajstić information content (AvgIpc) is 2.39. The first-order valence-corrected chi connectivity index (χ1v) is 5.76. The van der Waals surface area contributed by atoms with Crippen LogP contribution in [0.15, 0.2) is 30.0 Å². The van der Waals surface area contributed by atoms with Crippen molar-refractivity contribution in [2.45, 2.75) is 31.7 Å². The number of hydrogen-bond donors (Lipinski definition) is 1. The minimum Gasteiger partial charge on any atom is -0.481 e. The van der Waals surface area contributed by atoms with Crippen LogP contribution in [-0.4, -0.2) is 12.1 Å². The summed E-state index contributed by atoms with van der Waals surface area (Å²) in [6.07, 6.45) is 8.75. The molecule has 2 rings (SSSR count). The second-order valence-corrected chi connectivity index (χ2v) is 4.10. The van der Waals surface area contributed by atoms with Gasteiger partial charge >= 0.3 is 0 Å². The Kier molecular flexibility index (Phi) is 3.57. The molecule has 0 aromatic carbocycles. The minimum atomic E-state index is -0.0658. The third kappa shape index (κ3) is 2.25. The van der Waals surface area contributed by atoms with Gasteiger partial charge in [0.15, 0.2) is 0 Å². The quantitative estimate of drug-likeness (QED) is 0.793. The van der Waals surface area contributed by atoms with Gasteiger partial charge < -0.3 is 10.5 Å². The van der Waals surface area contributed by atoms with Crippen LogP contribution in [0.25, 0.3) is 0 Å². The summed E-state index contributed by atoms with van der Waals surface area (Å²) in [7, 11) is 1.63. The standard InChI is InChI=1S/C13H18N2O/c1-16-13-11(8-5-9-15-13)12(14)10-6-3-2-4-7-10/h5-6,8-9,12H,2-4,7,14H2,1H3. The molecule has 1 heterocycles. The van der Waals surface area contributed by atoms with Gasteiger partial charge in [-0.2, -0.15) is 0 Å². The molecule has 0 aliphatic heterocycles. The molecule has 1 unspecified atom stereocenters. The van der Waals surface area contributed by atoms with Gasteiger partial charge in [0.2, 0.25) is 5.88 Å². The van der Waals surface area contributed by atoms with Gasteiger partial charge in [-0.1, -0.05) is 17.7 Å². The number of allylic oxidation sites excluding steroid dienone is 1. The number of pyridine rings is 1. The first-order chi connectivity index (χ1) is 7.83. The van der Waals surface area contributed by atoms with Crippen molar-refractivity contribution in [2.24, 2.45) is 5.73 Å². The number of ether oxygens (including phenoxy) is 1. The van der Waals surface area contributed by atoms with Crippen molar-refractivity contribution in [3.63, 3.8) is 0 Å². The molecule has 2 N–H and O–H groups in total. The Balaban J connectivity index is 2.25. The lowest BCUT2D eigenvalue weighted by Gasteiger charge is -2.20. The van der Waals surface area contributed by atoms with E-state index in [0.717, 1.165) is 18.4 Å². The third-order valence-corrected chi connectivity index (χ3v) is 3.05. The van der Waals surface area contributed by atoms with Crippen LogP contribution in [0.3, 0.4) is 0 Å². The Labute approximate surface area is 96.3 Å². The normalized spacial score (nSPS) is 17.8. The second-order valence-electron chi connectivity index (χ2n) is 4.10. The fraction of sp³-hybridized carbons (Fsp3) is 0.462. The van der Waals surface area contributed by atoms with Gasteiger partial charge in [0, 0.05) is 11.8 Å². The van der Waals surface area contributed by atoms with Crippen molar-refractivity contribution < 1.29 is 4.74 Å². The van der Waals surface area contributed by atoms with E-state index >= 15 is 0 Å². The van der Waals surface area contributed by atoms with Crippen molar-refractivity contribution in [1.82, 2.24) is 4.98 Å². The van der Waals surface area contributed by atoms with E-state index in [-0.39, 0.29) is 6.04 Å². The number of nitrogens with two attached hydrogens (primary N) is 1. The molecule has 0 saturated heterocycles. The summed E-state index contributed by atoms with van der Waals surface area (Å²) in [6, 6.07) is 3.83. The minimum absolute atomic E-state index is 0.0658. The maximum absolute atomic E-state index is 6.26. The molecule has 1 atom stereocenters.